The van der Waals surface area contributed by atoms with E-state index in [1.54, 1.807) is 11.3 Å². The lowest BCUT2D eigenvalue weighted by Gasteiger charge is -2.38. The Labute approximate surface area is 119 Å². The molecule has 1 saturated heterocycles. The second-order valence-corrected chi connectivity index (χ2v) is 6.17. The second-order valence-electron chi connectivity index (χ2n) is 5.00. The van der Waals surface area contributed by atoms with Crippen molar-refractivity contribution in [2.24, 2.45) is 0 Å². The number of likely N-dealkylation sites (N-methyl/N-ethyl adjacent to an activating group) is 1. The quantitative estimate of drug-likeness (QED) is 0.851. The minimum absolute atomic E-state index is 0.0656. The van der Waals surface area contributed by atoms with E-state index in [4.69, 9.17) is 5.11 Å². The van der Waals surface area contributed by atoms with Crippen molar-refractivity contribution >= 4 is 11.3 Å². The highest BCUT2D eigenvalue weighted by atomic mass is 32.1. The zero-order valence-corrected chi connectivity index (χ0v) is 12.5. The Bertz CT molecular complexity index is 460. The van der Waals surface area contributed by atoms with Gasteiger partial charge in [0.2, 0.25) is 0 Å². The molecule has 0 amide bonds. The molecule has 0 saturated carbocycles. The monoisotopic (exact) mass is 278 g/mol. The van der Waals surface area contributed by atoms with Crippen LogP contribution in [0, 0.1) is 11.8 Å². The van der Waals surface area contributed by atoms with Crippen LogP contribution in [0.4, 0.5) is 0 Å². The summed E-state index contributed by atoms with van der Waals surface area (Å²) in [6.45, 7) is 6.67. The van der Waals surface area contributed by atoms with Gasteiger partial charge in [0.25, 0.3) is 0 Å². The Hall–Kier alpha value is -0.860. The molecule has 0 bridgehead atoms. The van der Waals surface area contributed by atoms with Crippen molar-refractivity contribution in [1.29, 1.82) is 0 Å². The third-order valence-electron chi connectivity index (χ3n) is 3.66. The first kappa shape index (κ1) is 14.5. The van der Waals surface area contributed by atoms with E-state index in [0.717, 1.165) is 31.1 Å². The summed E-state index contributed by atoms with van der Waals surface area (Å²) < 4.78 is 0. The number of hydrogen-bond acceptors (Lipinski definition) is 4. The molecule has 1 atom stereocenters. The van der Waals surface area contributed by atoms with Gasteiger partial charge in [-0.25, -0.2) is 0 Å². The summed E-state index contributed by atoms with van der Waals surface area (Å²) in [7, 11) is 2.22. The lowest BCUT2D eigenvalue weighted by Crippen LogP contribution is -2.50. The molecule has 3 nitrogen and oxygen atoms in total. The Morgan fingerprint density at radius 2 is 2.26 bits per heavy atom. The molecule has 0 aliphatic carbocycles. The Morgan fingerprint density at radius 3 is 3.00 bits per heavy atom. The molecule has 4 heteroatoms. The number of rotatable bonds is 3. The predicted octanol–water partition coefficient (Wildman–Crippen LogP) is 1.62. The second kappa shape index (κ2) is 7.06. The molecule has 0 radical (unpaired) electrons. The van der Waals surface area contributed by atoms with Crippen LogP contribution in [-0.4, -0.2) is 54.2 Å². The summed E-state index contributed by atoms with van der Waals surface area (Å²) >= 11 is 1.74. The Kier molecular flexibility index (Phi) is 5.41. The molecule has 1 aliphatic rings. The van der Waals surface area contributed by atoms with Gasteiger partial charge < -0.3 is 10.0 Å². The van der Waals surface area contributed by atoms with Crippen LogP contribution >= 0.6 is 11.3 Å². The van der Waals surface area contributed by atoms with E-state index in [-0.39, 0.29) is 6.61 Å². The Balaban J connectivity index is 1.92. The lowest BCUT2D eigenvalue weighted by molar-refractivity contribution is 0.0891. The smallest absolute Gasteiger partial charge is 0.104 e. The number of thiophene rings is 1. The number of nitrogens with zero attached hydrogens (tertiary/aromatic N) is 2. The van der Waals surface area contributed by atoms with Crippen LogP contribution < -0.4 is 0 Å². The van der Waals surface area contributed by atoms with E-state index in [2.05, 4.69) is 47.7 Å². The zero-order valence-electron chi connectivity index (χ0n) is 11.7. The van der Waals surface area contributed by atoms with Crippen molar-refractivity contribution in [2.75, 3.05) is 33.3 Å². The van der Waals surface area contributed by atoms with Crippen molar-refractivity contribution in [2.45, 2.75) is 25.9 Å². The van der Waals surface area contributed by atoms with Crippen molar-refractivity contribution in [3.63, 3.8) is 0 Å². The molecular weight excluding hydrogens is 256 g/mol. The van der Waals surface area contributed by atoms with Gasteiger partial charge in [-0.05, 0) is 25.6 Å². The molecule has 1 aliphatic heterocycles. The van der Waals surface area contributed by atoms with Crippen molar-refractivity contribution in [1.82, 2.24) is 9.80 Å². The largest absolute Gasteiger partial charge is 0.384 e. The maximum absolute atomic E-state index is 8.69. The van der Waals surface area contributed by atoms with Crippen LogP contribution in [0.5, 0.6) is 0 Å². The van der Waals surface area contributed by atoms with E-state index < -0.39 is 0 Å². The standard InChI is InChI=1S/C15H22N2OS/c1-3-13-11-17(9-8-16(13)2)12-15-7-6-14(19-15)5-4-10-18/h6-7,13,18H,3,8-12H2,1-2H3. The highest BCUT2D eigenvalue weighted by Crippen LogP contribution is 2.19. The van der Waals surface area contributed by atoms with E-state index >= 15 is 0 Å². The topological polar surface area (TPSA) is 26.7 Å². The number of aliphatic hydroxyl groups excluding tert-OH is 1. The molecule has 2 heterocycles. The summed E-state index contributed by atoms with van der Waals surface area (Å²) in [6, 6.07) is 4.89. The third kappa shape index (κ3) is 4.05. The fourth-order valence-electron chi connectivity index (χ4n) is 2.47. The number of piperazine rings is 1. The van der Waals surface area contributed by atoms with Crippen LogP contribution in [0.3, 0.4) is 0 Å². The first-order valence-electron chi connectivity index (χ1n) is 6.84. The van der Waals surface area contributed by atoms with Gasteiger partial charge in [0.05, 0.1) is 4.88 Å². The summed E-state index contributed by atoms with van der Waals surface area (Å²) in [5.74, 6) is 5.67. The predicted molar refractivity (Wildman–Crippen MR) is 80.3 cm³/mol. The molecule has 2 rings (SSSR count). The first-order valence-corrected chi connectivity index (χ1v) is 7.65. The third-order valence-corrected chi connectivity index (χ3v) is 4.65. The van der Waals surface area contributed by atoms with Crippen molar-refractivity contribution in [3.05, 3.63) is 21.9 Å². The van der Waals surface area contributed by atoms with Gasteiger partial charge in [0, 0.05) is 37.1 Å². The molecule has 1 unspecified atom stereocenters. The number of hydrogen-bond donors (Lipinski definition) is 1. The summed E-state index contributed by atoms with van der Waals surface area (Å²) in [6.07, 6.45) is 1.21. The summed E-state index contributed by atoms with van der Waals surface area (Å²) in [5, 5.41) is 8.69. The maximum Gasteiger partial charge on any atom is 0.104 e. The van der Waals surface area contributed by atoms with Crippen LogP contribution in [0.1, 0.15) is 23.1 Å². The van der Waals surface area contributed by atoms with E-state index in [0.29, 0.717) is 6.04 Å². The molecule has 1 fully saturated rings. The van der Waals surface area contributed by atoms with Crippen LogP contribution in [0.15, 0.2) is 12.1 Å². The minimum Gasteiger partial charge on any atom is -0.384 e. The van der Waals surface area contributed by atoms with Crippen LogP contribution in [-0.2, 0) is 6.54 Å². The summed E-state index contributed by atoms with van der Waals surface area (Å²) in [4.78, 5) is 7.40. The molecule has 19 heavy (non-hydrogen) atoms. The molecule has 1 aromatic heterocycles. The highest BCUT2D eigenvalue weighted by molar-refractivity contribution is 7.12. The van der Waals surface area contributed by atoms with Gasteiger partial charge in [0.1, 0.15) is 6.61 Å². The van der Waals surface area contributed by atoms with Gasteiger partial charge in [-0.3, -0.25) is 4.90 Å². The van der Waals surface area contributed by atoms with Gasteiger partial charge in [-0.1, -0.05) is 18.8 Å². The molecule has 0 aromatic carbocycles. The van der Waals surface area contributed by atoms with Gasteiger partial charge in [-0.15, -0.1) is 11.3 Å². The average Bonchev–Trinajstić information content (AvgIpc) is 2.86. The number of aliphatic hydroxyl groups is 1. The molecule has 1 N–H and O–H groups in total. The highest BCUT2D eigenvalue weighted by Gasteiger charge is 2.22. The van der Waals surface area contributed by atoms with Gasteiger partial charge in [-0.2, -0.15) is 0 Å². The summed E-state index contributed by atoms with van der Waals surface area (Å²) in [5.41, 5.74) is 0. The fourth-order valence-corrected chi connectivity index (χ4v) is 3.40. The van der Waals surface area contributed by atoms with Crippen molar-refractivity contribution in [3.8, 4) is 11.8 Å². The van der Waals surface area contributed by atoms with Crippen LogP contribution in [0.2, 0.25) is 0 Å². The van der Waals surface area contributed by atoms with Gasteiger partial charge in [0.15, 0.2) is 0 Å². The van der Waals surface area contributed by atoms with E-state index in [1.807, 2.05) is 0 Å². The van der Waals surface area contributed by atoms with E-state index in [1.165, 1.54) is 11.3 Å². The maximum atomic E-state index is 8.69. The fraction of sp³-hybridized carbons (Fsp3) is 0.600. The van der Waals surface area contributed by atoms with E-state index in [9.17, 15) is 0 Å². The first-order chi connectivity index (χ1) is 9.22. The van der Waals surface area contributed by atoms with Gasteiger partial charge >= 0.3 is 0 Å². The molecule has 1 aromatic rings. The average molecular weight is 278 g/mol. The normalized spacial score (nSPS) is 21.1. The lowest BCUT2D eigenvalue weighted by atomic mass is 10.1. The van der Waals surface area contributed by atoms with Crippen LogP contribution in [0.25, 0.3) is 0 Å². The molecular formula is C15H22N2OS. The molecule has 104 valence electrons. The molecule has 0 spiro atoms. The SMILES string of the molecule is CCC1CN(Cc2ccc(C#CCO)s2)CCN1C. The Morgan fingerprint density at radius 1 is 1.42 bits per heavy atom. The van der Waals surface area contributed by atoms with Crippen molar-refractivity contribution < 1.29 is 5.11 Å². The minimum atomic E-state index is -0.0656. The zero-order chi connectivity index (χ0) is 13.7.